The Morgan fingerprint density at radius 2 is 2.27 bits per heavy atom. The third kappa shape index (κ3) is 1.77. The summed E-state index contributed by atoms with van der Waals surface area (Å²) in [6.45, 7) is 1.81. The fourth-order valence-corrected chi connectivity index (χ4v) is 0.864. The van der Waals surface area contributed by atoms with Crippen LogP contribution in [0.25, 0.3) is 0 Å². The molecule has 0 bridgehead atoms. The number of hydrogen-bond acceptors (Lipinski definition) is 2. The zero-order valence-corrected chi connectivity index (χ0v) is 6.21. The molecule has 0 amide bonds. The average Bonchev–Trinajstić information content (AvgIpc) is 1.95. The van der Waals surface area contributed by atoms with Gasteiger partial charge in [-0.2, -0.15) is 5.10 Å². The number of hydrazone groups is 1. The molecular weight excluding hydrogens is 143 g/mol. The molecule has 1 rings (SSSR count). The van der Waals surface area contributed by atoms with E-state index in [1.54, 1.807) is 13.0 Å². The molecule has 0 atom stereocenters. The molecule has 0 unspecified atom stereocenters. The van der Waals surface area contributed by atoms with Crippen LogP contribution >= 0.6 is 0 Å². The van der Waals surface area contributed by atoms with Crippen LogP contribution in [0.2, 0.25) is 0 Å². The van der Waals surface area contributed by atoms with E-state index in [0.717, 1.165) is 11.1 Å². The highest BCUT2D eigenvalue weighted by Crippen LogP contribution is 2.07. The van der Waals surface area contributed by atoms with Crippen molar-refractivity contribution in [3.8, 4) is 0 Å². The lowest BCUT2D eigenvalue weighted by Gasteiger charge is -1.97. The van der Waals surface area contributed by atoms with Gasteiger partial charge in [-0.25, -0.2) is 4.39 Å². The molecule has 0 spiro atoms. The Bertz CT molecular complexity index is 281. The van der Waals surface area contributed by atoms with Gasteiger partial charge in [0.15, 0.2) is 0 Å². The normalized spacial score (nSPS) is 10.7. The molecule has 0 aromatic heterocycles. The third-order valence-electron chi connectivity index (χ3n) is 1.45. The first-order valence-electron chi connectivity index (χ1n) is 3.23. The average molecular weight is 152 g/mol. The van der Waals surface area contributed by atoms with Crippen molar-refractivity contribution in [1.29, 1.82) is 0 Å². The lowest BCUT2D eigenvalue weighted by molar-refractivity contribution is 0.626. The minimum absolute atomic E-state index is 0.239. The monoisotopic (exact) mass is 152 g/mol. The summed E-state index contributed by atoms with van der Waals surface area (Å²) in [7, 11) is 0. The van der Waals surface area contributed by atoms with Crippen LogP contribution in [0.1, 0.15) is 11.1 Å². The molecule has 0 saturated heterocycles. The number of rotatable bonds is 1. The van der Waals surface area contributed by atoms with Gasteiger partial charge >= 0.3 is 0 Å². The van der Waals surface area contributed by atoms with Crippen molar-refractivity contribution in [2.75, 3.05) is 0 Å². The maximum atomic E-state index is 12.5. The van der Waals surface area contributed by atoms with E-state index in [1.165, 1.54) is 18.3 Å². The van der Waals surface area contributed by atoms with Crippen LogP contribution in [0.5, 0.6) is 0 Å². The smallest absolute Gasteiger partial charge is 0.123 e. The van der Waals surface area contributed by atoms with Gasteiger partial charge in [0.05, 0.1) is 6.21 Å². The summed E-state index contributed by atoms with van der Waals surface area (Å²) in [5.41, 5.74) is 1.67. The highest BCUT2D eigenvalue weighted by molar-refractivity contribution is 5.81. The fraction of sp³-hybridized carbons (Fsp3) is 0.125. The summed E-state index contributed by atoms with van der Waals surface area (Å²) in [6.07, 6.45) is 1.49. The van der Waals surface area contributed by atoms with E-state index in [-0.39, 0.29) is 5.82 Å². The van der Waals surface area contributed by atoms with Gasteiger partial charge in [0, 0.05) is 0 Å². The first-order valence-corrected chi connectivity index (χ1v) is 3.23. The van der Waals surface area contributed by atoms with Crippen LogP contribution in [0.15, 0.2) is 23.3 Å². The number of halogens is 1. The number of nitrogens with two attached hydrogens (primary N) is 1. The molecule has 0 aliphatic heterocycles. The summed E-state index contributed by atoms with van der Waals surface area (Å²) >= 11 is 0. The summed E-state index contributed by atoms with van der Waals surface area (Å²) in [4.78, 5) is 0. The van der Waals surface area contributed by atoms with Crippen LogP contribution < -0.4 is 5.84 Å². The lowest BCUT2D eigenvalue weighted by atomic mass is 10.1. The molecule has 2 nitrogen and oxygen atoms in total. The van der Waals surface area contributed by atoms with Gasteiger partial charge in [0.25, 0.3) is 0 Å². The maximum Gasteiger partial charge on any atom is 0.123 e. The number of hydrogen-bond donors (Lipinski definition) is 1. The van der Waals surface area contributed by atoms with E-state index in [1.807, 2.05) is 0 Å². The first kappa shape index (κ1) is 7.72. The maximum absolute atomic E-state index is 12.5. The summed E-state index contributed by atoms with van der Waals surface area (Å²) in [5.74, 6) is 4.70. The Morgan fingerprint density at radius 1 is 1.55 bits per heavy atom. The van der Waals surface area contributed by atoms with Crippen molar-refractivity contribution in [2.45, 2.75) is 6.92 Å². The molecule has 0 heterocycles. The highest BCUT2D eigenvalue weighted by atomic mass is 19.1. The molecule has 0 aliphatic carbocycles. The molecule has 11 heavy (non-hydrogen) atoms. The molecule has 1 aromatic carbocycles. The standard InChI is InChI=1S/C8H9FN2/c1-6-4-8(9)3-2-7(6)5-11-10/h2-5H,10H2,1H3/b11-5+. The Hall–Kier alpha value is -1.38. The van der Waals surface area contributed by atoms with Crippen molar-refractivity contribution in [3.05, 3.63) is 35.1 Å². The molecule has 1 aromatic rings. The van der Waals surface area contributed by atoms with Gasteiger partial charge < -0.3 is 5.84 Å². The van der Waals surface area contributed by atoms with Crippen LogP contribution in [-0.4, -0.2) is 6.21 Å². The molecule has 0 fully saturated rings. The SMILES string of the molecule is Cc1cc(F)ccc1/C=N/N. The fourth-order valence-electron chi connectivity index (χ4n) is 0.864. The van der Waals surface area contributed by atoms with E-state index in [4.69, 9.17) is 5.84 Å². The van der Waals surface area contributed by atoms with Crippen molar-refractivity contribution in [2.24, 2.45) is 10.9 Å². The lowest BCUT2D eigenvalue weighted by Crippen LogP contribution is -1.90. The van der Waals surface area contributed by atoms with Crippen LogP contribution in [0, 0.1) is 12.7 Å². The summed E-state index contributed by atoms with van der Waals surface area (Å²) in [5, 5.41) is 3.35. The highest BCUT2D eigenvalue weighted by Gasteiger charge is 1.95. The van der Waals surface area contributed by atoms with Crippen LogP contribution in [-0.2, 0) is 0 Å². The van der Waals surface area contributed by atoms with E-state index in [2.05, 4.69) is 5.10 Å². The second-order valence-corrected chi connectivity index (χ2v) is 2.28. The van der Waals surface area contributed by atoms with Crippen molar-refractivity contribution in [3.63, 3.8) is 0 Å². The quantitative estimate of drug-likeness (QED) is 0.369. The zero-order valence-electron chi connectivity index (χ0n) is 6.21. The minimum atomic E-state index is -0.239. The van der Waals surface area contributed by atoms with E-state index in [0.29, 0.717) is 0 Å². The summed E-state index contributed by atoms with van der Waals surface area (Å²) in [6, 6.07) is 4.46. The van der Waals surface area contributed by atoms with Gasteiger partial charge in [-0.15, -0.1) is 0 Å². The van der Waals surface area contributed by atoms with Gasteiger partial charge in [-0.1, -0.05) is 6.07 Å². The summed E-state index contributed by atoms with van der Waals surface area (Å²) < 4.78 is 12.5. The van der Waals surface area contributed by atoms with Crippen molar-refractivity contribution in [1.82, 2.24) is 0 Å². The largest absolute Gasteiger partial charge is 0.323 e. The third-order valence-corrected chi connectivity index (χ3v) is 1.45. The second kappa shape index (κ2) is 3.14. The molecular formula is C8H9FN2. The van der Waals surface area contributed by atoms with Crippen molar-refractivity contribution >= 4 is 6.21 Å². The Kier molecular flexibility index (Phi) is 2.21. The van der Waals surface area contributed by atoms with Gasteiger partial charge in [-0.3, -0.25) is 0 Å². The van der Waals surface area contributed by atoms with Gasteiger partial charge in [0.2, 0.25) is 0 Å². The number of nitrogens with zero attached hydrogens (tertiary/aromatic N) is 1. The first-order chi connectivity index (χ1) is 5.24. The van der Waals surface area contributed by atoms with Crippen LogP contribution in [0.4, 0.5) is 4.39 Å². The Morgan fingerprint density at radius 3 is 2.82 bits per heavy atom. The molecule has 2 N–H and O–H groups in total. The molecule has 0 saturated carbocycles. The van der Waals surface area contributed by atoms with E-state index >= 15 is 0 Å². The molecule has 0 radical (unpaired) electrons. The molecule has 58 valence electrons. The molecule has 0 aliphatic rings. The topological polar surface area (TPSA) is 38.4 Å². The minimum Gasteiger partial charge on any atom is -0.323 e. The van der Waals surface area contributed by atoms with Crippen molar-refractivity contribution < 1.29 is 4.39 Å². The predicted octanol–water partition coefficient (Wildman–Crippen LogP) is 1.43. The van der Waals surface area contributed by atoms with Crippen LogP contribution in [0.3, 0.4) is 0 Å². The number of benzene rings is 1. The Balaban J connectivity index is 3.09. The number of aryl methyl sites for hydroxylation is 1. The zero-order chi connectivity index (χ0) is 8.27. The van der Waals surface area contributed by atoms with Gasteiger partial charge in [-0.05, 0) is 30.2 Å². The Labute approximate surface area is 64.5 Å². The predicted molar refractivity (Wildman–Crippen MR) is 42.9 cm³/mol. The van der Waals surface area contributed by atoms with Gasteiger partial charge in [0.1, 0.15) is 5.82 Å². The second-order valence-electron chi connectivity index (χ2n) is 2.28. The van der Waals surface area contributed by atoms with E-state index in [9.17, 15) is 4.39 Å². The molecule has 3 heteroatoms. The van der Waals surface area contributed by atoms with E-state index < -0.39 is 0 Å².